The molecule has 1 saturated heterocycles. The zero-order chi connectivity index (χ0) is 30.9. The Morgan fingerprint density at radius 2 is 1.52 bits per heavy atom. The van der Waals surface area contributed by atoms with Gasteiger partial charge in [0.15, 0.2) is 9.84 Å². The molecule has 4 aromatic rings. The molecule has 0 bridgehead atoms. The molecule has 0 radical (unpaired) electrons. The molecule has 1 fully saturated rings. The zero-order valence-corrected chi connectivity index (χ0v) is 25.5. The summed E-state index contributed by atoms with van der Waals surface area (Å²) >= 11 is 0. The van der Waals surface area contributed by atoms with Crippen LogP contribution in [0.1, 0.15) is 18.9 Å². The number of carbonyl (C=O) groups is 2. The number of amides is 3. The minimum absolute atomic E-state index is 0.177. The zero-order valence-electron chi connectivity index (χ0n) is 24.7. The summed E-state index contributed by atoms with van der Waals surface area (Å²) in [5.41, 5.74) is 1.67. The third kappa shape index (κ3) is 7.72. The van der Waals surface area contributed by atoms with Gasteiger partial charge in [-0.1, -0.05) is 84.9 Å². The van der Waals surface area contributed by atoms with E-state index in [4.69, 9.17) is 4.74 Å². The first-order chi connectivity index (χ1) is 21.3. The molecule has 2 atom stereocenters. The van der Waals surface area contributed by atoms with Crippen LogP contribution in [-0.4, -0.2) is 63.6 Å². The van der Waals surface area contributed by atoms with Gasteiger partial charge in [0.25, 0.3) is 0 Å². The fourth-order valence-electron chi connectivity index (χ4n) is 5.22. The third-order valence-electron chi connectivity index (χ3n) is 7.74. The van der Waals surface area contributed by atoms with Gasteiger partial charge in [0.2, 0.25) is 5.91 Å². The van der Waals surface area contributed by atoms with E-state index in [2.05, 4.69) is 5.32 Å². The molecule has 1 unspecified atom stereocenters. The number of nitrogens with one attached hydrogen (secondary N) is 1. The van der Waals surface area contributed by atoms with E-state index in [9.17, 15) is 18.0 Å². The molecule has 0 saturated carbocycles. The summed E-state index contributed by atoms with van der Waals surface area (Å²) < 4.78 is 31.5. The molecule has 1 heterocycles. The number of benzene rings is 4. The average Bonchev–Trinajstić information content (AvgIpc) is 3.07. The maximum Gasteiger partial charge on any atom is 0.325 e. The standard InChI is InChI=1S/C35H37N3O5S/c1-27(38(35(40)37-21-23-43-24-22-37)32-19-17-29-12-8-9-13-30(29)26-32)34(39)36-31(18-16-28-10-4-2-5-11-28)20-25-44(41,42)33-14-6-3-7-15-33/h2-15,17,19-20,25-27,31H,16,18,21-24H2,1H3,(H,36,39)/b25-20+/t27?,31-/m0/s1. The van der Waals surface area contributed by atoms with Gasteiger partial charge < -0.3 is 15.0 Å². The highest BCUT2D eigenvalue weighted by molar-refractivity contribution is 7.94. The first-order valence-corrected chi connectivity index (χ1v) is 16.3. The van der Waals surface area contributed by atoms with Crippen molar-refractivity contribution in [2.75, 3.05) is 31.2 Å². The van der Waals surface area contributed by atoms with Crippen molar-refractivity contribution >= 4 is 38.2 Å². The molecule has 1 aliphatic rings. The van der Waals surface area contributed by atoms with Gasteiger partial charge in [0.1, 0.15) is 6.04 Å². The number of sulfone groups is 1. The molecule has 8 nitrogen and oxygen atoms in total. The lowest BCUT2D eigenvalue weighted by atomic mass is 10.0. The highest BCUT2D eigenvalue weighted by Gasteiger charge is 2.32. The molecule has 5 rings (SSSR count). The second-order valence-electron chi connectivity index (χ2n) is 10.8. The van der Waals surface area contributed by atoms with E-state index in [1.54, 1.807) is 30.0 Å². The first-order valence-electron chi connectivity index (χ1n) is 14.8. The molecule has 4 aromatic carbocycles. The molecule has 0 spiro atoms. The van der Waals surface area contributed by atoms with E-state index in [0.717, 1.165) is 21.7 Å². The fraction of sp³-hybridized carbons (Fsp3) is 0.257. The third-order valence-corrected chi connectivity index (χ3v) is 9.19. The van der Waals surface area contributed by atoms with Crippen LogP contribution in [0.5, 0.6) is 0 Å². The van der Waals surface area contributed by atoms with Crippen LogP contribution in [0.4, 0.5) is 10.5 Å². The van der Waals surface area contributed by atoms with E-state index in [-0.39, 0.29) is 16.8 Å². The van der Waals surface area contributed by atoms with Gasteiger partial charge in [0, 0.05) is 30.2 Å². The number of urea groups is 1. The van der Waals surface area contributed by atoms with Gasteiger partial charge in [-0.05, 0) is 60.4 Å². The number of fused-ring (bicyclic) bond motifs is 1. The lowest BCUT2D eigenvalue weighted by Gasteiger charge is -2.36. The van der Waals surface area contributed by atoms with Crippen LogP contribution in [0.3, 0.4) is 0 Å². The summed E-state index contributed by atoms with van der Waals surface area (Å²) in [7, 11) is -3.72. The Morgan fingerprint density at radius 3 is 2.23 bits per heavy atom. The van der Waals surface area contributed by atoms with Crippen LogP contribution in [0.25, 0.3) is 10.8 Å². The van der Waals surface area contributed by atoms with Gasteiger partial charge in [-0.15, -0.1) is 0 Å². The predicted molar refractivity (Wildman–Crippen MR) is 173 cm³/mol. The smallest absolute Gasteiger partial charge is 0.325 e. The maximum atomic E-state index is 13.9. The van der Waals surface area contributed by atoms with E-state index in [1.807, 2.05) is 72.8 Å². The Kier molecular flexibility index (Phi) is 10.1. The summed E-state index contributed by atoms with van der Waals surface area (Å²) in [6, 6.07) is 29.8. The van der Waals surface area contributed by atoms with Crippen molar-refractivity contribution in [1.82, 2.24) is 10.2 Å². The van der Waals surface area contributed by atoms with Crippen LogP contribution in [-0.2, 0) is 25.8 Å². The van der Waals surface area contributed by atoms with Crippen molar-refractivity contribution in [1.29, 1.82) is 0 Å². The summed E-state index contributed by atoms with van der Waals surface area (Å²) in [5.74, 6) is -0.389. The molecular formula is C35H37N3O5S. The van der Waals surface area contributed by atoms with Crippen molar-refractivity contribution in [3.63, 3.8) is 0 Å². The van der Waals surface area contributed by atoms with E-state index < -0.39 is 21.9 Å². The van der Waals surface area contributed by atoms with Crippen LogP contribution in [0.15, 0.2) is 120 Å². The number of rotatable bonds is 10. The molecular weight excluding hydrogens is 574 g/mol. The monoisotopic (exact) mass is 611 g/mol. The van der Waals surface area contributed by atoms with Crippen LogP contribution >= 0.6 is 0 Å². The second kappa shape index (κ2) is 14.3. The fourth-order valence-corrected chi connectivity index (χ4v) is 6.31. The van der Waals surface area contributed by atoms with Crippen molar-refractivity contribution < 1.29 is 22.7 Å². The molecule has 0 aromatic heterocycles. The molecule has 1 N–H and O–H groups in total. The average molecular weight is 612 g/mol. The van der Waals surface area contributed by atoms with Crippen LogP contribution < -0.4 is 10.2 Å². The van der Waals surface area contributed by atoms with Gasteiger partial charge in [0.05, 0.1) is 18.1 Å². The van der Waals surface area contributed by atoms with Gasteiger partial charge in [-0.2, -0.15) is 0 Å². The highest BCUT2D eigenvalue weighted by atomic mass is 32.2. The highest BCUT2D eigenvalue weighted by Crippen LogP contribution is 2.26. The maximum absolute atomic E-state index is 13.9. The van der Waals surface area contributed by atoms with E-state index >= 15 is 0 Å². The van der Waals surface area contributed by atoms with Gasteiger partial charge in [-0.3, -0.25) is 9.69 Å². The number of morpholine rings is 1. The minimum Gasteiger partial charge on any atom is -0.378 e. The number of hydrogen-bond donors (Lipinski definition) is 1. The predicted octanol–water partition coefficient (Wildman–Crippen LogP) is 5.59. The number of nitrogens with zero attached hydrogens (tertiary/aromatic N) is 2. The largest absolute Gasteiger partial charge is 0.378 e. The van der Waals surface area contributed by atoms with E-state index in [1.165, 1.54) is 23.1 Å². The van der Waals surface area contributed by atoms with Crippen molar-refractivity contribution in [3.8, 4) is 0 Å². The first kappa shape index (κ1) is 31.0. The minimum atomic E-state index is -3.72. The quantitative estimate of drug-likeness (QED) is 0.252. The van der Waals surface area contributed by atoms with Crippen molar-refractivity contribution in [3.05, 3.63) is 120 Å². The van der Waals surface area contributed by atoms with Crippen LogP contribution in [0, 0.1) is 0 Å². The number of hydrogen-bond acceptors (Lipinski definition) is 5. The number of carbonyl (C=O) groups excluding carboxylic acids is 2. The Hall–Kier alpha value is -4.47. The van der Waals surface area contributed by atoms with E-state index in [0.29, 0.717) is 44.8 Å². The lowest BCUT2D eigenvalue weighted by molar-refractivity contribution is -0.122. The van der Waals surface area contributed by atoms with Crippen LogP contribution in [0.2, 0.25) is 0 Å². The van der Waals surface area contributed by atoms with Gasteiger partial charge in [-0.25, -0.2) is 13.2 Å². The topological polar surface area (TPSA) is 96.0 Å². The summed E-state index contributed by atoms with van der Waals surface area (Å²) in [6.07, 6.45) is 2.62. The summed E-state index contributed by atoms with van der Waals surface area (Å²) in [5, 5.41) is 6.16. The molecule has 9 heteroatoms. The summed E-state index contributed by atoms with van der Waals surface area (Å²) in [4.78, 5) is 31.2. The van der Waals surface area contributed by atoms with Gasteiger partial charge >= 0.3 is 6.03 Å². The molecule has 44 heavy (non-hydrogen) atoms. The number of ether oxygens (including phenoxy) is 1. The molecule has 1 aliphatic heterocycles. The number of aryl methyl sites for hydroxylation is 1. The normalized spacial score (nSPS) is 15.2. The lowest BCUT2D eigenvalue weighted by Crippen LogP contribution is -2.56. The molecule has 3 amide bonds. The Balaban J connectivity index is 1.42. The number of anilines is 1. The Bertz CT molecular complexity index is 1700. The Morgan fingerprint density at radius 1 is 0.886 bits per heavy atom. The van der Waals surface area contributed by atoms with Crippen molar-refractivity contribution in [2.24, 2.45) is 0 Å². The second-order valence-corrected chi connectivity index (χ2v) is 12.6. The SMILES string of the molecule is CC(C(=O)N[C@H](/C=C/S(=O)(=O)c1ccccc1)CCc1ccccc1)N(C(=O)N1CCOCC1)c1ccc2ccccc2c1. The summed E-state index contributed by atoms with van der Waals surface area (Å²) in [6.45, 7) is 3.41. The molecule has 0 aliphatic carbocycles. The molecule has 228 valence electrons. The Labute approximate surface area is 258 Å². The van der Waals surface area contributed by atoms with Crippen molar-refractivity contribution in [2.45, 2.75) is 36.7 Å².